The summed E-state index contributed by atoms with van der Waals surface area (Å²) in [5.74, 6) is 0.828. The summed E-state index contributed by atoms with van der Waals surface area (Å²) in [5, 5.41) is 7.96. The first-order valence-electron chi connectivity index (χ1n) is 8.10. The Labute approximate surface area is 150 Å². The number of anilines is 1. The molecule has 1 aromatic heterocycles. The molecule has 1 aliphatic rings. The summed E-state index contributed by atoms with van der Waals surface area (Å²) in [4.78, 5) is 4.40. The van der Waals surface area contributed by atoms with Gasteiger partial charge >= 0.3 is 0 Å². The Hall–Kier alpha value is -2.14. The summed E-state index contributed by atoms with van der Waals surface area (Å²) in [7, 11) is 0. The molecular weight excluding hydrogens is 364 g/mol. The number of aryl methyl sites for hydroxylation is 2. The number of nitrogens with zero attached hydrogens (tertiary/aromatic N) is 3. The number of benzene rings is 2. The molecule has 0 aliphatic carbocycles. The van der Waals surface area contributed by atoms with E-state index in [0.29, 0.717) is 0 Å². The molecule has 5 heteroatoms. The zero-order chi connectivity index (χ0) is 16.7. The molecule has 0 fully saturated rings. The van der Waals surface area contributed by atoms with Crippen molar-refractivity contribution in [2.24, 2.45) is 0 Å². The number of hydrogen-bond acceptors (Lipinski definition) is 3. The lowest BCUT2D eigenvalue weighted by Crippen LogP contribution is -2.28. The molecule has 24 heavy (non-hydrogen) atoms. The number of rotatable bonds is 2. The molecule has 0 bridgehead atoms. The van der Waals surface area contributed by atoms with Crippen LogP contribution in [0.3, 0.4) is 0 Å². The predicted molar refractivity (Wildman–Crippen MR) is 99.2 cm³/mol. The van der Waals surface area contributed by atoms with Crippen LogP contribution >= 0.6 is 15.9 Å². The Morgan fingerprint density at radius 2 is 1.96 bits per heavy atom. The third-order valence-electron chi connectivity index (χ3n) is 4.80. The van der Waals surface area contributed by atoms with Crippen LogP contribution in [0.2, 0.25) is 0 Å². The van der Waals surface area contributed by atoms with E-state index in [0.717, 1.165) is 16.8 Å². The topological polar surface area (TPSA) is 42.7 Å². The molecule has 1 N–H and O–H groups in total. The third kappa shape index (κ3) is 2.73. The van der Waals surface area contributed by atoms with Crippen LogP contribution in [0, 0.1) is 13.8 Å². The normalized spacial score (nSPS) is 19.6. The van der Waals surface area contributed by atoms with Crippen LogP contribution in [-0.4, -0.2) is 14.8 Å². The summed E-state index contributed by atoms with van der Waals surface area (Å²) < 4.78 is 3.07. The maximum Gasteiger partial charge on any atom is 0.222 e. The molecule has 0 spiro atoms. The van der Waals surface area contributed by atoms with Gasteiger partial charge in [0.2, 0.25) is 5.95 Å². The molecule has 2 aromatic carbocycles. The lowest BCUT2D eigenvalue weighted by Gasteiger charge is -2.32. The first kappa shape index (κ1) is 15.4. The summed E-state index contributed by atoms with van der Waals surface area (Å²) in [6.07, 6.45) is 2.56. The molecule has 3 aromatic rings. The van der Waals surface area contributed by atoms with Crippen LogP contribution in [0.25, 0.3) is 0 Å². The molecule has 2 atom stereocenters. The fourth-order valence-electron chi connectivity index (χ4n) is 3.31. The Morgan fingerprint density at radius 3 is 2.75 bits per heavy atom. The van der Waals surface area contributed by atoms with E-state index in [9.17, 15) is 0 Å². The molecule has 122 valence electrons. The molecule has 0 amide bonds. The highest BCUT2D eigenvalue weighted by Gasteiger charge is 2.30. The lowest BCUT2D eigenvalue weighted by atomic mass is 9.92. The number of nitrogens with one attached hydrogen (secondary N) is 1. The molecule has 0 radical (unpaired) electrons. The molecule has 4 rings (SSSR count). The Balaban J connectivity index is 1.74. The average molecular weight is 383 g/mol. The maximum absolute atomic E-state index is 4.43. The number of aromatic nitrogens is 3. The second kappa shape index (κ2) is 6.06. The molecule has 0 saturated carbocycles. The van der Waals surface area contributed by atoms with Crippen molar-refractivity contribution in [2.75, 3.05) is 5.32 Å². The van der Waals surface area contributed by atoms with Gasteiger partial charge in [0.05, 0.1) is 12.1 Å². The Morgan fingerprint density at radius 1 is 1.08 bits per heavy atom. The highest BCUT2D eigenvalue weighted by atomic mass is 79.9. The van der Waals surface area contributed by atoms with Gasteiger partial charge in [-0.1, -0.05) is 46.3 Å². The molecular formula is C19H19BrN4. The second-order valence-corrected chi connectivity index (χ2v) is 7.29. The van der Waals surface area contributed by atoms with Gasteiger partial charge in [0.1, 0.15) is 6.33 Å². The lowest BCUT2D eigenvalue weighted by molar-refractivity contribution is 0.430. The van der Waals surface area contributed by atoms with Gasteiger partial charge < -0.3 is 5.32 Å². The molecule has 4 nitrogen and oxygen atoms in total. The zero-order valence-electron chi connectivity index (χ0n) is 13.7. The van der Waals surface area contributed by atoms with Gasteiger partial charge in [0, 0.05) is 4.47 Å². The maximum atomic E-state index is 4.43. The van der Waals surface area contributed by atoms with Crippen molar-refractivity contribution in [1.82, 2.24) is 14.8 Å². The second-order valence-electron chi connectivity index (χ2n) is 6.38. The Bertz CT molecular complexity index is 887. The first-order valence-corrected chi connectivity index (χ1v) is 8.90. The van der Waals surface area contributed by atoms with Crippen molar-refractivity contribution in [3.8, 4) is 0 Å². The highest BCUT2D eigenvalue weighted by molar-refractivity contribution is 9.10. The van der Waals surface area contributed by atoms with Crippen LogP contribution in [0.15, 0.2) is 53.3 Å². The SMILES string of the molecule is Cc1ccc([C@@H]2C[C@@H](c3cccc(Br)c3)n3ncnc3N2)cc1C. The van der Waals surface area contributed by atoms with E-state index in [1.807, 2.05) is 10.7 Å². The van der Waals surface area contributed by atoms with Gasteiger partial charge in [-0.05, 0) is 54.7 Å². The van der Waals surface area contributed by atoms with E-state index in [1.54, 1.807) is 6.33 Å². The van der Waals surface area contributed by atoms with E-state index in [1.165, 1.54) is 22.3 Å². The smallest absolute Gasteiger partial charge is 0.222 e. The minimum atomic E-state index is 0.174. The van der Waals surface area contributed by atoms with Crippen molar-refractivity contribution in [3.63, 3.8) is 0 Å². The minimum absolute atomic E-state index is 0.174. The minimum Gasteiger partial charge on any atom is -0.348 e. The predicted octanol–water partition coefficient (Wildman–Crippen LogP) is 4.80. The standard InChI is InChI=1S/C19H19BrN4/c1-12-6-7-14(8-13(12)2)17-10-18(15-4-3-5-16(20)9-15)24-19(23-17)21-11-22-24/h3-9,11,17-18H,10H2,1-2H3,(H,21,22,23)/t17-,18-/m0/s1. The van der Waals surface area contributed by atoms with Gasteiger partial charge in [-0.3, -0.25) is 0 Å². The zero-order valence-corrected chi connectivity index (χ0v) is 15.3. The first-order chi connectivity index (χ1) is 11.6. The van der Waals surface area contributed by atoms with Crippen molar-refractivity contribution < 1.29 is 0 Å². The fourth-order valence-corrected chi connectivity index (χ4v) is 3.73. The van der Waals surface area contributed by atoms with Crippen LogP contribution < -0.4 is 5.32 Å². The van der Waals surface area contributed by atoms with Crippen LogP contribution in [0.5, 0.6) is 0 Å². The van der Waals surface area contributed by atoms with Crippen LogP contribution in [0.4, 0.5) is 5.95 Å². The van der Waals surface area contributed by atoms with E-state index >= 15 is 0 Å². The van der Waals surface area contributed by atoms with E-state index in [-0.39, 0.29) is 12.1 Å². The van der Waals surface area contributed by atoms with Crippen molar-refractivity contribution in [3.05, 3.63) is 75.5 Å². The Kier molecular flexibility index (Phi) is 3.88. The van der Waals surface area contributed by atoms with Crippen LogP contribution in [0.1, 0.15) is 40.8 Å². The molecule has 1 aliphatic heterocycles. The summed E-state index contributed by atoms with van der Waals surface area (Å²) in [5.41, 5.74) is 5.18. The number of halogens is 1. The van der Waals surface area contributed by atoms with E-state index < -0.39 is 0 Å². The summed E-state index contributed by atoms with van der Waals surface area (Å²) in [6, 6.07) is 15.5. The fraction of sp³-hybridized carbons (Fsp3) is 0.263. The third-order valence-corrected chi connectivity index (χ3v) is 5.29. The van der Waals surface area contributed by atoms with Gasteiger partial charge in [-0.2, -0.15) is 10.1 Å². The largest absolute Gasteiger partial charge is 0.348 e. The summed E-state index contributed by atoms with van der Waals surface area (Å²) >= 11 is 3.58. The van der Waals surface area contributed by atoms with Gasteiger partial charge in [-0.25, -0.2) is 4.68 Å². The quantitative estimate of drug-likeness (QED) is 0.691. The summed E-state index contributed by atoms with van der Waals surface area (Å²) in [6.45, 7) is 4.31. The molecule has 0 saturated heterocycles. The van der Waals surface area contributed by atoms with Crippen molar-refractivity contribution in [1.29, 1.82) is 0 Å². The van der Waals surface area contributed by atoms with Gasteiger partial charge in [-0.15, -0.1) is 0 Å². The van der Waals surface area contributed by atoms with E-state index in [2.05, 4.69) is 81.6 Å². The molecule has 0 unspecified atom stereocenters. The average Bonchev–Trinajstić information content (AvgIpc) is 3.05. The highest BCUT2D eigenvalue weighted by Crippen LogP contribution is 2.38. The van der Waals surface area contributed by atoms with Crippen LogP contribution in [-0.2, 0) is 0 Å². The van der Waals surface area contributed by atoms with Gasteiger partial charge in [0.15, 0.2) is 0 Å². The van der Waals surface area contributed by atoms with Crippen molar-refractivity contribution >= 4 is 21.9 Å². The monoisotopic (exact) mass is 382 g/mol. The number of hydrogen-bond donors (Lipinski definition) is 1. The molecule has 2 heterocycles. The van der Waals surface area contributed by atoms with Crippen molar-refractivity contribution in [2.45, 2.75) is 32.4 Å². The van der Waals surface area contributed by atoms with E-state index in [4.69, 9.17) is 0 Å². The van der Waals surface area contributed by atoms with Gasteiger partial charge in [0.25, 0.3) is 0 Å². The number of fused-ring (bicyclic) bond motifs is 1.